The smallest absolute Gasteiger partial charge is 0.306 e. The van der Waals surface area contributed by atoms with E-state index in [0.29, 0.717) is 19.3 Å². The number of ketones is 1. The molecule has 1 aromatic carbocycles. The van der Waals surface area contributed by atoms with Gasteiger partial charge in [0, 0.05) is 11.5 Å². The summed E-state index contributed by atoms with van der Waals surface area (Å²) in [5.74, 6) is -1.12. The van der Waals surface area contributed by atoms with E-state index >= 15 is 0 Å². The molecule has 1 saturated carbocycles. The molecule has 108 valence electrons. The minimum Gasteiger partial charge on any atom is -0.481 e. The van der Waals surface area contributed by atoms with Crippen LogP contribution in [0.25, 0.3) is 0 Å². The van der Waals surface area contributed by atoms with E-state index in [1.54, 1.807) is 0 Å². The lowest BCUT2D eigenvalue weighted by Crippen LogP contribution is -2.17. The molecule has 2 rings (SSSR count). The standard InChI is InChI=1S/C17H22O3/c1-9-7-10(2)12(4)15(11(9)3)16(18)13-5-6-14(8-13)17(19)20/h7,13-14H,5-6,8H2,1-4H3,(H,19,20). The predicted octanol–water partition coefficient (Wildman–Crippen LogP) is 3.60. The van der Waals surface area contributed by atoms with E-state index in [2.05, 4.69) is 6.07 Å². The van der Waals surface area contributed by atoms with Crippen molar-refractivity contribution >= 4 is 11.8 Å². The van der Waals surface area contributed by atoms with Crippen molar-refractivity contribution in [1.82, 2.24) is 0 Å². The fourth-order valence-corrected chi connectivity index (χ4v) is 3.23. The first-order chi connectivity index (χ1) is 9.32. The van der Waals surface area contributed by atoms with Crippen LogP contribution in [0.1, 0.15) is 51.9 Å². The van der Waals surface area contributed by atoms with Crippen molar-refractivity contribution in [3.8, 4) is 0 Å². The first kappa shape index (κ1) is 14.8. The number of carbonyl (C=O) groups excluding carboxylic acids is 1. The average molecular weight is 274 g/mol. The second-order valence-electron chi connectivity index (χ2n) is 6.04. The molecular weight excluding hydrogens is 252 g/mol. The molecule has 1 aliphatic rings. The maximum absolute atomic E-state index is 12.8. The molecule has 0 amide bonds. The molecule has 3 heteroatoms. The van der Waals surface area contributed by atoms with Gasteiger partial charge >= 0.3 is 5.97 Å². The maximum atomic E-state index is 12.8. The monoisotopic (exact) mass is 274 g/mol. The van der Waals surface area contributed by atoms with Crippen LogP contribution in [0.5, 0.6) is 0 Å². The van der Waals surface area contributed by atoms with Gasteiger partial charge in [0.15, 0.2) is 5.78 Å². The van der Waals surface area contributed by atoms with E-state index in [0.717, 1.165) is 27.8 Å². The van der Waals surface area contributed by atoms with Crippen LogP contribution >= 0.6 is 0 Å². The molecule has 20 heavy (non-hydrogen) atoms. The first-order valence-corrected chi connectivity index (χ1v) is 7.17. The Labute approximate surface area is 120 Å². The Morgan fingerprint density at radius 3 is 1.95 bits per heavy atom. The molecule has 0 aliphatic heterocycles. The minimum atomic E-state index is -0.769. The third kappa shape index (κ3) is 2.49. The number of carbonyl (C=O) groups is 2. The van der Waals surface area contributed by atoms with Crippen molar-refractivity contribution in [2.75, 3.05) is 0 Å². The van der Waals surface area contributed by atoms with Gasteiger partial charge in [0.25, 0.3) is 0 Å². The van der Waals surface area contributed by atoms with Crippen LogP contribution in [0.4, 0.5) is 0 Å². The Hall–Kier alpha value is -1.64. The molecule has 1 aromatic rings. The van der Waals surface area contributed by atoms with E-state index in [1.165, 1.54) is 0 Å². The SMILES string of the molecule is Cc1cc(C)c(C)c(C(=O)C2CCC(C(=O)O)C2)c1C. The first-order valence-electron chi connectivity index (χ1n) is 7.17. The molecule has 0 heterocycles. The van der Waals surface area contributed by atoms with Crippen molar-refractivity contribution in [3.05, 3.63) is 33.9 Å². The van der Waals surface area contributed by atoms with Crippen LogP contribution in [0.3, 0.4) is 0 Å². The third-order valence-corrected chi connectivity index (χ3v) is 4.77. The summed E-state index contributed by atoms with van der Waals surface area (Å²) in [5.41, 5.74) is 5.15. The number of carboxylic acid groups (broad SMARTS) is 1. The minimum absolute atomic E-state index is 0.130. The van der Waals surface area contributed by atoms with E-state index in [4.69, 9.17) is 5.11 Å². The molecular formula is C17H22O3. The number of aliphatic carboxylic acids is 1. The number of benzene rings is 1. The zero-order valence-corrected chi connectivity index (χ0v) is 12.6. The number of aryl methyl sites for hydroxylation is 2. The van der Waals surface area contributed by atoms with Crippen molar-refractivity contribution in [1.29, 1.82) is 0 Å². The zero-order chi connectivity index (χ0) is 15.0. The number of carboxylic acids is 1. The Balaban J connectivity index is 2.33. The highest BCUT2D eigenvalue weighted by molar-refractivity contribution is 6.01. The van der Waals surface area contributed by atoms with Gasteiger partial charge in [-0.2, -0.15) is 0 Å². The summed E-state index contributed by atoms with van der Waals surface area (Å²) in [5, 5.41) is 9.07. The largest absolute Gasteiger partial charge is 0.481 e. The molecule has 0 aromatic heterocycles. The number of rotatable bonds is 3. The van der Waals surface area contributed by atoms with Crippen LogP contribution in [-0.2, 0) is 4.79 Å². The second kappa shape index (κ2) is 5.39. The summed E-state index contributed by atoms with van der Waals surface area (Å²) in [6.07, 6.45) is 1.80. The number of Topliss-reactive ketones (excluding diaryl/α,β-unsaturated/α-hetero) is 1. The molecule has 3 nitrogen and oxygen atoms in total. The van der Waals surface area contributed by atoms with E-state index in [-0.39, 0.29) is 17.6 Å². The molecule has 1 N–H and O–H groups in total. The van der Waals surface area contributed by atoms with Crippen molar-refractivity contribution in [2.24, 2.45) is 11.8 Å². The molecule has 1 fully saturated rings. The lowest BCUT2D eigenvalue weighted by Gasteiger charge is -2.17. The Bertz CT molecular complexity index is 546. The van der Waals surface area contributed by atoms with Gasteiger partial charge in [-0.1, -0.05) is 6.07 Å². The summed E-state index contributed by atoms with van der Waals surface area (Å²) in [6.45, 7) is 8.01. The van der Waals surface area contributed by atoms with Gasteiger partial charge in [-0.25, -0.2) is 0 Å². The number of hydrogen-bond donors (Lipinski definition) is 1. The van der Waals surface area contributed by atoms with Crippen LogP contribution < -0.4 is 0 Å². The summed E-state index contributed by atoms with van der Waals surface area (Å²) in [7, 11) is 0. The van der Waals surface area contributed by atoms with Crippen LogP contribution in [0.15, 0.2) is 6.07 Å². The van der Waals surface area contributed by atoms with Crippen LogP contribution in [0.2, 0.25) is 0 Å². The van der Waals surface area contributed by atoms with Gasteiger partial charge in [-0.05, 0) is 69.2 Å². The van der Waals surface area contributed by atoms with Gasteiger partial charge in [0.2, 0.25) is 0 Å². The average Bonchev–Trinajstić information content (AvgIpc) is 2.86. The molecule has 0 saturated heterocycles. The quantitative estimate of drug-likeness (QED) is 0.857. The fraction of sp³-hybridized carbons (Fsp3) is 0.529. The molecule has 0 bridgehead atoms. The highest BCUT2D eigenvalue weighted by Gasteiger charge is 2.35. The summed E-state index contributed by atoms with van der Waals surface area (Å²) in [6, 6.07) is 2.11. The second-order valence-corrected chi connectivity index (χ2v) is 6.04. The summed E-state index contributed by atoms with van der Waals surface area (Å²) in [4.78, 5) is 23.8. The van der Waals surface area contributed by atoms with E-state index < -0.39 is 5.97 Å². The Morgan fingerprint density at radius 1 is 1.00 bits per heavy atom. The molecule has 2 atom stereocenters. The van der Waals surface area contributed by atoms with Gasteiger partial charge in [0.05, 0.1) is 5.92 Å². The summed E-state index contributed by atoms with van der Waals surface area (Å²) >= 11 is 0. The Kier molecular flexibility index (Phi) is 3.98. The zero-order valence-electron chi connectivity index (χ0n) is 12.6. The van der Waals surface area contributed by atoms with Crippen molar-refractivity contribution < 1.29 is 14.7 Å². The molecule has 0 spiro atoms. The highest BCUT2D eigenvalue weighted by Crippen LogP contribution is 2.35. The van der Waals surface area contributed by atoms with E-state index in [9.17, 15) is 9.59 Å². The predicted molar refractivity (Wildman–Crippen MR) is 78.2 cm³/mol. The van der Waals surface area contributed by atoms with Gasteiger partial charge in [-0.15, -0.1) is 0 Å². The number of hydrogen-bond acceptors (Lipinski definition) is 2. The lowest BCUT2D eigenvalue weighted by atomic mass is 9.86. The third-order valence-electron chi connectivity index (χ3n) is 4.77. The lowest BCUT2D eigenvalue weighted by molar-refractivity contribution is -0.141. The molecule has 1 aliphatic carbocycles. The van der Waals surface area contributed by atoms with Crippen LogP contribution in [0, 0.1) is 39.5 Å². The molecule has 2 unspecified atom stereocenters. The van der Waals surface area contributed by atoms with Crippen LogP contribution in [-0.4, -0.2) is 16.9 Å². The van der Waals surface area contributed by atoms with Gasteiger partial charge in [0.1, 0.15) is 0 Å². The van der Waals surface area contributed by atoms with Gasteiger partial charge in [-0.3, -0.25) is 9.59 Å². The fourth-order valence-electron chi connectivity index (χ4n) is 3.23. The van der Waals surface area contributed by atoms with Gasteiger partial charge < -0.3 is 5.11 Å². The van der Waals surface area contributed by atoms with E-state index in [1.807, 2.05) is 27.7 Å². The Morgan fingerprint density at radius 2 is 1.50 bits per heavy atom. The highest BCUT2D eigenvalue weighted by atomic mass is 16.4. The molecule has 0 radical (unpaired) electrons. The van der Waals surface area contributed by atoms with Crippen molar-refractivity contribution in [2.45, 2.75) is 47.0 Å². The normalized spacial score (nSPS) is 22.0. The summed E-state index contributed by atoms with van der Waals surface area (Å²) < 4.78 is 0. The van der Waals surface area contributed by atoms with Crippen molar-refractivity contribution in [3.63, 3.8) is 0 Å². The topological polar surface area (TPSA) is 54.4 Å². The maximum Gasteiger partial charge on any atom is 0.306 e.